The van der Waals surface area contributed by atoms with Crippen LogP contribution in [0.3, 0.4) is 0 Å². The predicted octanol–water partition coefficient (Wildman–Crippen LogP) is 4.52. The van der Waals surface area contributed by atoms with Crippen LogP contribution in [-0.2, 0) is 13.0 Å². The first-order chi connectivity index (χ1) is 13.2. The normalized spacial score (nSPS) is 10.6. The molecule has 0 radical (unpaired) electrons. The fraction of sp³-hybridized carbons (Fsp3) is 0.0870. The van der Waals surface area contributed by atoms with Crippen LogP contribution >= 0.6 is 0 Å². The van der Waals surface area contributed by atoms with Crippen LogP contribution in [0.1, 0.15) is 16.7 Å². The van der Waals surface area contributed by atoms with Crippen LogP contribution in [0.15, 0.2) is 73.2 Å². The number of rotatable bonds is 3. The lowest BCUT2D eigenvalue weighted by molar-refractivity contribution is 0.430. The molecule has 4 rings (SSSR count). The third-order valence-electron chi connectivity index (χ3n) is 4.40. The van der Waals surface area contributed by atoms with E-state index in [0.29, 0.717) is 13.0 Å². The molecule has 0 aliphatic carbocycles. The molecule has 2 aromatic heterocycles. The number of pyridine rings is 1. The summed E-state index contributed by atoms with van der Waals surface area (Å²) in [7, 11) is 0. The SMILES string of the molecule is Oc1c2ccc(C#CCc3ccc(F)cc3)cc2cn1Cc1ccncc1. The number of hydrogen-bond acceptors (Lipinski definition) is 2. The summed E-state index contributed by atoms with van der Waals surface area (Å²) in [6.07, 6.45) is 5.97. The van der Waals surface area contributed by atoms with E-state index in [4.69, 9.17) is 0 Å². The van der Waals surface area contributed by atoms with Crippen LogP contribution in [0.25, 0.3) is 10.8 Å². The number of halogens is 1. The Morgan fingerprint density at radius 3 is 2.52 bits per heavy atom. The lowest BCUT2D eigenvalue weighted by Gasteiger charge is -2.04. The molecule has 4 heteroatoms. The van der Waals surface area contributed by atoms with Crippen LogP contribution in [0.5, 0.6) is 5.88 Å². The maximum atomic E-state index is 12.9. The molecule has 0 aliphatic heterocycles. The van der Waals surface area contributed by atoms with Gasteiger partial charge in [-0.05, 0) is 53.6 Å². The number of fused-ring (bicyclic) bond motifs is 1. The van der Waals surface area contributed by atoms with Gasteiger partial charge in [0.2, 0.25) is 0 Å². The summed E-state index contributed by atoms with van der Waals surface area (Å²) in [6, 6.07) is 16.0. The lowest BCUT2D eigenvalue weighted by Crippen LogP contribution is -1.96. The van der Waals surface area contributed by atoms with Gasteiger partial charge in [-0.1, -0.05) is 24.0 Å². The zero-order valence-corrected chi connectivity index (χ0v) is 14.6. The molecule has 2 heterocycles. The van der Waals surface area contributed by atoms with Crippen molar-refractivity contribution < 1.29 is 9.50 Å². The minimum atomic E-state index is -0.242. The van der Waals surface area contributed by atoms with E-state index >= 15 is 0 Å². The van der Waals surface area contributed by atoms with E-state index in [9.17, 15) is 9.50 Å². The first-order valence-electron chi connectivity index (χ1n) is 8.63. The van der Waals surface area contributed by atoms with Gasteiger partial charge in [-0.25, -0.2) is 4.39 Å². The maximum absolute atomic E-state index is 12.9. The Labute approximate surface area is 156 Å². The third kappa shape index (κ3) is 3.83. The Kier molecular flexibility index (Phi) is 4.59. The Morgan fingerprint density at radius 2 is 1.74 bits per heavy atom. The molecule has 0 amide bonds. The van der Waals surface area contributed by atoms with Crippen molar-refractivity contribution in [1.29, 1.82) is 0 Å². The van der Waals surface area contributed by atoms with E-state index in [1.807, 2.05) is 41.1 Å². The van der Waals surface area contributed by atoms with Crippen LogP contribution in [-0.4, -0.2) is 14.7 Å². The second kappa shape index (κ2) is 7.35. The average Bonchev–Trinajstić information content (AvgIpc) is 2.99. The molecule has 132 valence electrons. The molecule has 0 spiro atoms. The summed E-state index contributed by atoms with van der Waals surface area (Å²) >= 11 is 0. The quantitative estimate of drug-likeness (QED) is 0.548. The van der Waals surface area contributed by atoms with Crippen molar-refractivity contribution in [3.63, 3.8) is 0 Å². The molecule has 27 heavy (non-hydrogen) atoms. The van der Waals surface area contributed by atoms with Gasteiger partial charge in [0.1, 0.15) is 5.82 Å². The van der Waals surface area contributed by atoms with Crippen LogP contribution < -0.4 is 0 Å². The second-order valence-corrected chi connectivity index (χ2v) is 6.34. The second-order valence-electron chi connectivity index (χ2n) is 6.34. The zero-order valence-electron chi connectivity index (χ0n) is 14.6. The van der Waals surface area contributed by atoms with Gasteiger partial charge in [-0.2, -0.15) is 0 Å². The lowest BCUT2D eigenvalue weighted by atomic mass is 10.1. The van der Waals surface area contributed by atoms with Crippen molar-refractivity contribution in [1.82, 2.24) is 9.55 Å². The molecule has 0 bridgehead atoms. The van der Waals surface area contributed by atoms with Crippen molar-refractivity contribution >= 4 is 10.8 Å². The third-order valence-corrected chi connectivity index (χ3v) is 4.40. The van der Waals surface area contributed by atoms with Crippen molar-refractivity contribution in [3.8, 4) is 17.7 Å². The van der Waals surface area contributed by atoms with E-state index in [-0.39, 0.29) is 11.7 Å². The van der Waals surface area contributed by atoms with Crippen LogP contribution in [0.2, 0.25) is 0 Å². The van der Waals surface area contributed by atoms with Crippen molar-refractivity contribution in [2.24, 2.45) is 0 Å². The number of aromatic nitrogens is 2. The van der Waals surface area contributed by atoms with Crippen molar-refractivity contribution in [2.45, 2.75) is 13.0 Å². The molecular weight excluding hydrogens is 339 g/mol. The van der Waals surface area contributed by atoms with E-state index in [2.05, 4.69) is 16.8 Å². The highest BCUT2D eigenvalue weighted by Crippen LogP contribution is 2.28. The molecule has 2 aromatic carbocycles. The van der Waals surface area contributed by atoms with Crippen molar-refractivity contribution in [3.05, 3.63) is 95.7 Å². The zero-order chi connectivity index (χ0) is 18.6. The highest BCUT2D eigenvalue weighted by atomic mass is 19.1. The van der Waals surface area contributed by atoms with Crippen LogP contribution in [0.4, 0.5) is 4.39 Å². The van der Waals surface area contributed by atoms with E-state index < -0.39 is 0 Å². The molecule has 0 saturated carbocycles. The van der Waals surface area contributed by atoms with Gasteiger partial charge in [0.05, 0.1) is 6.54 Å². The summed E-state index contributed by atoms with van der Waals surface area (Å²) in [5.41, 5.74) is 2.93. The van der Waals surface area contributed by atoms with Gasteiger partial charge in [0.15, 0.2) is 5.88 Å². The van der Waals surface area contributed by atoms with E-state index in [1.165, 1.54) is 12.1 Å². The smallest absolute Gasteiger partial charge is 0.199 e. The van der Waals surface area contributed by atoms with E-state index in [0.717, 1.165) is 27.5 Å². The molecular formula is C23H17FN2O. The first kappa shape index (κ1) is 16.9. The molecule has 0 aliphatic rings. The Bertz CT molecular complexity index is 1140. The molecule has 0 unspecified atom stereocenters. The van der Waals surface area contributed by atoms with Crippen molar-refractivity contribution in [2.75, 3.05) is 0 Å². The predicted molar refractivity (Wildman–Crippen MR) is 104 cm³/mol. The molecule has 0 fully saturated rings. The number of hydrogen-bond donors (Lipinski definition) is 1. The summed E-state index contributed by atoms with van der Waals surface area (Å²) in [5, 5.41) is 12.2. The topological polar surface area (TPSA) is 38.0 Å². The standard InChI is InChI=1S/C23H17FN2O/c24-21-7-4-17(5-8-21)2-1-3-18-6-9-22-20(14-18)16-26(23(22)27)15-19-10-12-25-13-11-19/h4-14,16,27H,2,15H2. The fourth-order valence-electron chi connectivity index (χ4n) is 2.99. The fourth-order valence-corrected chi connectivity index (χ4v) is 2.99. The maximum Gasteiger partial charge on any atom is 0.199 e. The van der Waals surface area contributed by atoms with Gasteiger partial charge >= 0.3 is 0 Å². The van der Waals surface area contributed by atoms with Gasteiger partial charge < -0.3 is 9.67 Å². The highest BCUT2D eigenvalue weighted by Gasteiger charge is 2.08. The molecule has 4 aromatic rings. The monoisotopic (exact) mass is 356 g/mol. The molecule has 0 saturated heterocycles. The summed E-state index contributed by atoms with van der Waals surface area (Å²) in [6.45, 7) is 0.578. The van der Waals surface area contributed by atoms with Gasteiger partial charge in [0.25, 0.3) is 0 Å². The van der Waals surface area contributed by atoms with Gasteiger partial charge in [-0.15, -0.1) is 0 Å². The summed E-state index contributed by atoms with van der Waals surface area (Å²) < 4.78 is 14.7. The minimum absolute atomic E-state index is 0.242. The minimum Gasteiger partial charge on any atom is -0.494 e. The Hall–Kier alpha value is -3.58. The highest BCUT2D eigenvalue weighted by molar-refractivity contribution is 5.89. The Balaban J connectivity index is 1.56. The average molecular weight is 356 g/mol. The molecule has 0 atom stereocenters. The first-order valence-corrected chi connectivity index (χ1v) is 8.63. The van der Waals surface area contributed by atoms with Gasteiger partial charge in [0, 0.05) is 41.3 Å². The largest absolute Gasteiger partial charge is 0.494 e. The van der Waals surface area contributed by atoms with Gasteiger partial charge in [-0.3, -0.25) is 4.98 Å². The summed E-state index contributed by atoms with van der Waals surface area (Å²) in [5.74, 6) is 6.25. The molecule has 3 nitrogen and oxygen atoms in total. The molecule has 1 N–H and O–H groups in total. The number of nitrogens with zero attached hydrogens (tertiary/aromatic N) is 2. The van der Waals surface area contributed by atoms with Crippen LogP contribution in [0, 0.1) is 17.7 Å². The van der Waals surface area contributed by atoms with E-state index in [1.54, 1.807) is 24.5 Å². The number of benzene rings is 2. The number of aromatic hydroxyl groups is 1. The summed E-state index contributed by atoms with van der Waals surface area (Å²) in [4.78, 5) is 4.01. The Morgan fingerprint density at radius 1 is 0.963 bits per heavy atom.